The Morgan fingerprint density at radius 3 is 2.55 bits per heavy atom. The van der Waals surface area contributed by atoms with E-state index in [1.807, 2.05) is 19.1 Å². The third kappa shape index (κ3) is 6.88. The predicted molar refractivity (Wildman–Crippen MR) is 83.2 cm³/mol. The van der Waals surface area contributed by atoms with Crippen LogP contribution in [0.25, 0.3) is 0 Å². The average Bonchev–Trinajstić information content (AvgIpc) is 2.45. The lowest BCUT2D eigenvalue weighted by molar-refractivity contribution is -0.143. The van der Waals surface area contributed by atoms with Gasteiger partial charge in [-0.3, -0.25) is 4.79 Å². The number of allylic oxidation sites excluding steroid dienone is 1. The summed E-state index contributed by atoms with van der Waals surface area (Å²) in [5.74, 6) is -0.155. The van der Waals surface area contributed by atoms with E-state index >= 15 is 0 Å². The van der Waals surface area contributed by atoms with Crippen molar-refractivity contribution in [2.24, 2.45) is 0 Å². The number of hydrogen-bond donors (Lipinski definition) is 1. The summed E-state index contributed by atoms with van der Waals surface area (Å²) < 4.78 is 9.78. The van der Waals surface area contributed by atoms with E-state index < -0.39 is 5.97 Å². The van der Waals surface area contributed by atoms with Crippen LogP contribution in [-0.4, -0.2) is 30.1 Å². The summed E-state index contributed by atoms with van der Waals surface area (Å²) in [6.07, 6.45) is 1.86. The molecule has 1 heterocycles. The standard InChI is InChI=1S/C16H22N2O4/c1-4-21-15(19)10-9-13(11-16(20)22-5-2)18-14-8-6-7-12(3)17-14/h6-8,11H,4-5,9-10H2,1-3H3,(H,17,18)/b13-11-. The van der Waals surface area contributed by atoms with Crippen molar-refractivity contribution in [1.82, 2.24) is 4.98 Å². The number of carbonyl (C=O) groups excluding carboxylic acids is 2. The summed E-state index contributed by atoms with van der Waals surface area (Å²) >= 11 is 0. The summed E-state index contributed by atoms with van der Waals surface area (Å²) in [6.45, 7) is 5.99. The molecule has 0 aliphatic carbocycles. The molecule has 120 valence electrons. The maximum atomic E-state index is 11.6. The maximum absolute atomic E-state index is 11.6. The summed E-state index contributed by atoms with van der Waals surface area (Å²) in [7, 11) is 0. The molecule has 0 atom stereocenters. The first kappa shape index (κ1) is 17.7. The number of aromatic nitrogens is 1. The van der Waals surface area contributed by atoms with Crippen LogP contribution in [0.15, 0.2) is 30.0 Å². The van der Waals surface area contributed by atoms with Gasteiger partial charge >= 0.3 is 11.9 Å². The molecule has 1 aromatic rings. The molecule has 0 unspecified atom stereocenters. The molecule has 6 nitrogen and oxygen atoms in total. The van der Waals surface area contributed by atoms with E-state index in [4.69, 9.17) is 9.47 Å². The molecule has 0 spiro atoms. The largest absolute Gasteiger partial charge is 0.466 e. The van der Waals surface area contributed by atoms with Gasteiger partial charge in [0.25, 0.3) is 0 Å². The van der Waals surface area contributed by atoms with Gasteiger partial charge in [0, 0.05) is 17.5 Å². The van der Waals surface area contributed by atoms with Crippen LogP contribution in [0.5, 0.6) is 0 Å². The van der Waals surface area contributed by atoms with Gasteiger partial charge in [-0.15, -0.1) is 0 Å². The smallest absolute Gasteiger partial charge is 0.332 e. The molecule has 1 aromatic heterocycles. The molecule has 0 aliphatic heterocycles. The van der Waals surface area contributed by atoms with Gasteiger partial charge in [-0.2, -0.15) is 0 Å². The normalized spacial score (nSPS) is 11.0. The molecular formula is C16H22N2O4. The fourth-order valence-corrected chi connectivity index (χ4v) is 1.74. The Morgan fingerprint density at radius 2 is 1.91 bits per heavy atom. The Kier molecular flexibility index (Phi) is 7.67. The number of ether oxygens (including phenoxy) is 2. The Balaban J connectivity index is 2.77. The molecule has 0 saturated carbocycles. The van der Waals surface area contributed by atoms with Crippen molar-refractivity contribution in [2.45, 2.75) is 33.6 Å². The molecule has 0 saturated heterocycles. The predicted octanol–water partition coefficient (Wildman–Crippen LogP) is 2.59. The molecule has 1 rings (SSSR count). The minimum absolute atomic E-state index is 0.178. The van der Waals surface area contributed by atoms with E-state index in [0.717, 1.165) is 5.69 Å². The van der Waals surface area contributed by atoms with Crippen molar-refractivity contribution in [3.05, 3.63) is 35.7 Å². The molecule has 0 aliphatic rings. The number of nitrogens with one attached hydrogen (secondary N) is 1. The van der Waals surface area contributed by atoms with Crippen LogP contribution in [0.2, 0.25) is 0 Å². The van der Waals surface area contributed by atoms with E-state index in [1.165, 1.54) is 6.08 Å². The fourth-order valence-electron chi connectivity index (χ4n) is 1.74. The molecule has 0 bridgehead atoms. The van der Waals surface area contributed by atoms with Crippen LogP contribution in [0.1, 0.15) is 32.4 Å². The van der Waals surface area contributed by atoms with Crippen molar-refractivity contribution < 1.29 is 19.1 Å². The molecule has 22 heavy (non-hydrogen) atoms. The second-order valence-electron chi connectivity index (χ2n) is 4.52. The van der Waals surface area contributed by atoms with E-state index in [0.29, 0.717) is 31.1 Å². The van der Waals surface area contributed by atoms with Crippen LogP contribution in [0, 0.1) is 6.92 Å². The number of aryl methyl sites for hydroxylation is 1. The summed E-state index contributed by atoms with van der Waals surface area (Å²) in [5, 5.41) is 3.05. The molecule has 0 fully saturated rings. The van der Waals surface area contributed by atoms with Crippen molar-refractivity contribution in [3.8, 4) is 0 Å². The molecular weight excluding hydrogens is 284 g/mol. The number of hydrogen-bond acceptors (Lipinski definition) is 6. The molecule has 0 radical (unpaired) electrons. The second kappa shape index (κ2) is 9.55. The third-order valence-electron chi connectivity index (χ3n) is 2.66. The zero-order chi connectivity index (χ0) is 16.4. The Bertz CT molecular complexity index is 541. The fraction of sp³-hybridized carbons (Fsp3) is 0.438. The van der Waals surface area contributed by atoms with E-state index in [1.54, 1.807) is 19.9 Å². The number of nitrogens with zero attached hydrogens (tertiary/aromatic N) is 1. The van der Waals surface area contributed by atoms with Gasteiger partial charge in [-0.1, -0.05) is 6.07 Å². The first-order valence-corrected chi connectivity index (χ1v) is 7.28. The van der Waals surface area contributed by atoms with Crippen molar-refractivity contribution in [2.75, 3.05) is 18.5 Å². The van der Waals surface area contributed by atoms with Gasteiger partial charge in [0.05, 0.1) is 19.6 Å². The molecule has 1 N–H and O–H groups in total. The van der Waals surface area contributed by atoms with Crippen molar-refractivity contribution >= 4 is 17.8 Å². The minimum Gasteiger partial charge on any atom is -0.466 e. The van der Waals surface area contributed by atoms with E-state index in [9.17, 15) is 9.59 Å². The zero-order valence-corrected chi connectivity index (χ0v) is 13.2. The number of anilines is 1. The number of pyridine rings is 1. The molecule has 0 aromatic carbocycles. The Labute approximate surface area is 130 Å². The van der Waals surface area contributed by atoms with Crippen LogP contribution < -0.4 is 5.32 Å². The zero-order valence-electron chi connectivity index (χ0n) is 13.2. The number of esters is 2. The summed E-state index contributed by atoms with van der Waals surface area (Å²) in [6, 6.07) is 5.52. The highest BCUT2D eigenvalue weighted by Crippen LogP contribution is 2.12. The van der Waals surface area contributed by atoms with Crippen LogP contribution in [0.4, 0.5) is 5.82 Å². The Morgan fingerprint density at radius 1 is 1.18 bits per heavy atom. The lowest BCUT2D eigenvalue weighted by Crippen LogP contribution is -2.10. The monoisotopic (exact) mass is 306 g/mol. The van der Waals surface area contributed by atoms with Gasteiger partial charge in [-0.05, 0) is 39.3 Å². The van der Waals surface area contributed by atoms with Gasteiger partial charge in [0.15, 0.2) is 0 Å². The highest BCUT2D eigenvalue weighted by Gasteiger charge is 2.08. The lowest BCUT2D eigenvalue weighted by Gasteiger charge is -2.11. The SMILES string of the molecule is CCOC(=O)/C=C(/CCC(=O)OCC)Nc1cccc(C)n1. The quantitative estimate of drug-likeness (QED) is 0.587. The average molecular weight is 306 g/mol. The molecule has 0 amide bonds. The Hall–Kier alpha value is -2.37. The first-order chi connectivity index (χ1) is 10.5. The van der Waals surface area contributed by atoms with Crippen molar-refractivity contribution in [1.29, 1.82) is 0 Å². The number of rotatable bonds is 8. The topological polar surface area (TPSA) is 77.5 Å². The highest BCUT2D eigenvalue weighted by molar-refractivity contribution is 5.83. The van der Waals surface area contributed by atoms with Gasteiger partial charge in [0.2, 0.25) is 0 Å². The van der Waals surface area contributed by atoms with Crippen LogP contribution in [0.3, 0.4) is 0 Å². The summed E-state index contributed by atoms with van der Waals surface area (Å²) in [4.78, 5) is 27.4. The van der Waals surface area contributed by atoms with Crippen molar-refractivity contribution in [3.63, 3.8) is 0 Å². The number of carbonyl (C=O) groups is 2. The maximum Gasteiger partial charge on any atom is 0.332 e. The highest BCUT2D eigenvalue weighted by atomic mass is 16.5. The lowest BCUT2D eigenvalue weighted by atomic mass is 10.2. The molecule has 6 heteroatoms. The van der Waals surface area contributed by atoms with E-state index in [-0.39, 0.29) is 12.4 Å². The first-order valence-electron chi connectivity index (χ1n) is 7.28. The van der Waals surface area contributed by atoms with Gasteiger partial charge < -0.3 is 14.8 Å². The van der Waals surface area contributed by atoms with E-state index in [2.05, 4.69) is 10.3 Å². The van der Waals surface area contributed by atoms with Crippen LogP contribution >= 0.6 is 0 Å². The minimum atomic E-state index is -0.457. The second-order valence-corrected chi connectivity index (χ2v) is 4.52. The van der Waals surface area contributed by atoms with Crippen LogP contribution in [-0.2, 0) is 19.1 Å². The third-order valence-corrected chi connectivity index (χ3v) is 2.66. The van der Waals surface area contributed by atoms with Gasteiger partial charge in [-0.25, -0.2) is 9.78 Å². The van der Waals surface area contributed by atoms with Gasteiger partial charge in [0.1, 0.15) is 5.82 Å². The summed E-state index contributed by atoms with van der Waals surface area (Å²) in [5.41, 5.74) is 1.41.